The maximum Gasteiger partial charge on any atom is 0.267 e. The molecule has 0 unspecified atom stereocenters. The fourth-order valence-corrected chi connectivity index (χ4v) is 2.75. The second kappa shape index (κ2) is 7.32. The average molecular weight is 381 g/mol. The van der Waals surface area contributed by atoms with E-state index in [0.29, 0.717) is 25.2 Å². The van der Waals surface area contributed by atoms with E-state index in [0.717, 1.165) is 6.07 Å². The molecule has 0 aromatic heterocycles. The Hall–Kier alpha value is -1.63. The number of hydrogen-bond donors (Lipinski definition) is 1. The summed E-state index contributed by atoms with van der Waals surface area (Å²) in [7, 11) is -4.01. The van der Waals surface area contributed by atoms with E-state index in [1.807, 2.05) is 0 Å². The van der Waals surface area contributed by atoms with Crippen molar-refractivity contribution in [3.63, 3.8) is 0 Å². The summed E-state index contributed by atoms with van der Waals surface area (Å²) < 4.78 is 133. The summed E-state index contributed by atoms with van der Waals surface area (Å²) in [5, 5.41) is 0. The van der Waals surface area contributed by atoms with Crippen LogP contribution in [0, 0.1) is 11.7 Å². The van der Waals surface area contributed by atoms with Crippen LogP contribution in [0.4, 0.5) is 4.39 Å². The van der Waals surface area contributed by atoms with Gasteiger partial charge in [-0.3, -0.25) is 4.79 Å². The molecule has 0 radical (unpaired) electrons. The molecule has 0 atom stereocenters. The molecule has 1 aromatic carbocycles. The lowest BCUT2D eigenvalue weighted by molar-refractivity contribution is 0.0977. The van der Waals surface area contributed by atoms with Crippen molar-refractivity contribution < 1.29 is 37.4 Å². The van der Waals surface area contributed by atoms with Gasteiger partial charge in [0.25, 0.3) is 5.91 Å². The van der Waals surface area contributed by atoms with Crippen LogP contribution in [-0.2, 0) is 10.0 Å². The Morgan fingerprint density at radius 1 is 1.36 bits per heavy atom. The van der Waals surface area contributed by atoms with Crippen molar-refractivity contribution in [2.24, 2.45) is 5.89 Å². The van der Waals surface area contributed by atoms with Gasteiger partial charge in [0.15, 0.2) is 0 Å². The van der Waals surface area contributed by atoms with Gasteiger partial charge in [-0.1, -0.05) is 19.1 Å². The monoisotopic (exact) mass is 380 g/mol. The first-order valence-electron chi connectivity index (χ1n) is 12.9. The maximum atomic E-state index is 14.8. The van der Waals surface area contributed by atoms with Crippen LogP contribution >= 0.6 is 0 Å². The third-order valence-corrected chi connectivity index (χ3v) is 4.12. The minimum Gasteiger partial charge on any atom is -0.493 e. The summed E-state index contributed by atoms with van der Waals surface area (Å²) in [6.07, 6.45) is -16.5. The lowest BCUT2D eigenvalue weighted by atomic mass is 9.90. The molecule has 1 amide bonds. The van der Waals surface area contributed by atoms with Gasteiger partial charge >= 0.3 is 0 Å². The first-order valence-corrected chi connectivity index (χ1v) is 9.34. The summed E-state index contributed by atoms with van der Waals surface area (Å²) >= 11 is 0. The lowest BCUT2D eigenvalue weighted by Crippen LogP contribution is -2.30. The Morgan fingerprint density at radius 3 is 2.64 bits per heavy atom. The Balaban J connectivity index is 2.06. The number of ether oxygens (including phenoxy) is 1. The third-order valence-electron chi connectivity index (χ3n) is 3.56. The van der Waals surface area contributed by atoms with E-state index >= 15 is 0 Å². The van der Waals surface area contributed by atoms with Crippen LogP contribution in [0.25, 0.3) is 0 Å². The van der Waals surface area contributed by atoms with Crippen LogP contribution < -0.4 is 9.46 Å². The van der Waals surface area contributed by atoms with Crippen LogP contribution in [-0.4, -0.2) is 27.2 Å². The molecule has 3 rings (SSSR count). The zero-order chi connectivity index (χ0) is 27.9. The Kier molecular flexibility index (Phi) is 2.59. The van der Waals surface area contributed by atoms with E-state index in [1.54, 1.807) is 4.72 Å². The van der Waals surface area contributed by atoms with Crippen LogP contribution in [0.2, 0.25) is 0 Å². The van der Waals surface area contributed by atoms with Gasteiger partial charge in [-0.2, -0.15) is 0 Å². The van der Waals surface area contributed by atoms with E-state index < -0.39 is 71.7 Å². The molecule has 2 aliphatic rings. The number of nitrogens with one attached hydrogen (secondary N) is 1. The number of carbonyl (C=O) groups is 1. The van der Waals surface area contributed by atoms with Gasteiger partial charge in [0.2, 0.25) is 10.0 Å². The van der Waals surface area contributed by atoms with Crippen molar-refractivity contribution in [1.82, 2.24) is 4.72 Å². The van der Waals surface area contributed by atoms with Gasteiger partial charge in [-0.05, 0) is 49.0 Å². The first-order chi connectivity index (χ1) is 16.0. The number of hydrogen-bond acceptors (Lipinski definition) is 4. The van der Waals surface area contributed by atoms with Crippen LogP contribution in [0.3, 0.4) is 0 Å². The molecule has 2 fully saturated rings. The van der Waals surface area contributed by atoms with Crippen molar-refractivity contribution in [1.29, 1.82) is 0 Å². The fraction of sp³-hybridized carbons (Fsp3) is 0.611. The standard InChI is InChI=1S/C18H24FNO4S/c1-25(22,23)20-18(21)15-9-14(13-7-8-13)17(10-16(15)19)24-11-12-5-3-2-4-6-12/h9-10,12-13H,2-8,11H2,1H3,(H,20,21)/i2D2,3D2,4D2,5D2,6D2,12D. The molecule has 138 valence electrons. The van der Waals surface area contributed by atoms with E-state index in [1.165, 1.54) is 0 Å². The first kappa shape index (κ1) is 8.84. The Labute approximate surface area is 163 Å². The largest absolute Gasteiger partial charge is 0.493 e. The quantitative estimate of drug-likeness (QED) is 0.821. The van der Waals surface area contributed by atoms with Gasteiger partial charge in [-0.25, -0.2) is 17.5 Å². The molecule has 0 bridgehead atoms. The van der Waals surface area contributed by atoms with E-state index in [4.69, 9.17) is 19.8 Å². The summed E-state index contributed by atoms with van der Waals surface area (Å²) in [5.41, 5.74) is -0.462. The van der Waals surface area contributed by atoms with Crippen LogP contribution in [0.5, 0.6) is 5.75 Å². The molecule has 5 nitrogen and oxygen atoms in total. The predicted octanol–water partition coefficient (Wildman–Crippen LogP) is 3.35. The van der Waals surface area contributed by atoms with Crippen molar-refractivity contribution >= 4 is 15.9 Å². The number of halogens is 1. The highest BCUT2D eigenvalue weighted by atomic mass is 32.2. The molecule has 2 saturated carbocycles. The third kappa shape index (κ3) is 4.93. The fourth-order valence-electron chi connectivity index (χ4n) is 2.31. The zero-order valence-corrected chi connectivity index (χ0v) is 14.1. The lowest BCUT2D eigenvalue weighted by Gasteiger charge is -2.22. The predicted molar refractivity (Wildman–Crippen MR) is 92.8 cm³/mol. The highest BCUT2D eigenvalue weighted by Gasteiger charge is 2.30. The van der Waals surface area contributed by atoms with Crippen LogP contribution in [0.15, 0.2) is 12.1 Å². The minimum atomic E-state index is -4.01. The highest BCUT2D eigenvalue weighted by Crippen LogP contribution is 2.45. The second-order valence-electron chi connectivity index (χ2n) is 5.74. The van der Waals surface area contributed by atoms with Gasteiger partial charge in [0.1, 0.15) is 11.6 Å². The van der Waals surface area contributed by atoms with E-state index in [9.17, 15) is 17.6 Å². The average Bonchev–Trinajstić information content (AvgIpc) is 3.54. The molecule has 1 N–H and O–H groups in total. The maximum absolute atomic E-state index is 14.8. The number of amides is 1. The number of benzene rings is 1. The summed E-state index contributed by atoms with van der Waals surface area (Å²) in [5.74, 6) is -6.49. The van der Waals surface area contributed by atoms with E-state index in [2.05, 4.69) is 0 Å². The van der Waals surface area contributed by atoms with Gasteiger partial charge in [-0.15, -0.1) is 0 Å². The molecule has 0 spiro atoms. The SMILES string of the molecule is [2H]C1([2H])C([2H])([2H])C([2H])([2H])C([2H])(COc2cc(F)c(C(=O)NS(C)(=O)=O)cc2C2CC2)C([2H])([2H])C1([2H])[2H]. The molecular weight excluding hydrogens is 345 g/mol. The molecule has 1 aromatic rings. The Morgan fingerprint density at radius 2 is 2.04 bits per heavy atom. The molecule has 7 heteroatoms. The summed E-state index contributed by atoms with van der Waals surface area (Å²) in [6, 6.07) is 1.69. The topological polar surface area (TPSA) is 72.5 Å². The van der Waals surface area contributed by atoms with Crippen molar-refractivity contribution in [2.45, 2.75) is 50.6 Å². The smallest absolute Gasteiger partial charge is 0.267 e. The van der Waals surface area contributed by atoms with E-state index in [-0.39, 0.29) is 17.2 Å². The zero-order valence-electron chi connectivity index (χ0n) is 24.3. The summed E-state index contributed by atoms with van der Waals surface area (Å²) in [4.78, 5) is 12.2. The van der Waals surface area contributed by atoms with Crippen molar-refractivity contribution in [3.05, 3.63) is 29.1 Å². The Bertz CT molecular complexity index is 1170. The number of carbonyl (C=O) groups excluding carboxylic acids is 1. The molecule has 0 saturated heterocycles. The van der Waals surface area contributed by atoms with Gasteiger partial charge in [0, 0.05) is 21.1 Å². The molecule has 0 heterocycles. The highest BCUT2D eigenvalue weighted by molar-refractivity contribution is 7.89. The molecule has 0 aliphatic heterocycles. The summed E-state index contributed by atoms with van der Waals surface area (Å²) in [6.45, 7) is -1.34. The number of sulfonamides is 1. The number of rotatable bonds is 6. The van der Waals surface area contributed by atoms with Crippen LogP contribution in [0.1, 0.15) is 81.6 Å². The molecule has 25 heavy (non-hydrogen) atoms. The van der Waals surface area contributed by atoms with Crippen molar-refractivity contribution in [3.8, 4) is 5.75 Å². The van der Waals surface area contributed by atoms with Gasteiger partial charge in [0.05, 0.1) is 18.4 Å². The normalized spacial score (nSPS) is 36.6. The van der Waals surface area contributed by atoms with Crippen molar-refractivity contribution in [2.75, 3.05) is 12.9 Å². The molecular formula is C18H24FNO4S. The van der Waals surface area contributed by atoms with Gasteiger partial charge < -0.3 is 4.74 Å². The minimum absolute atomic E-state index is 0.178. The molecule has 2 aliphatic carbocycles. The second-order valence-corrected chi connectivity index (χ2v) is 7.49.